The van der Waals surface area contributed by atoms with E-state index >= 15 is 0 Å². The van der Waals surface area contributed by atoms with Crippen molar-refractivity contribution in [2.24, 2.45) is 0 Å². The predicted molar refractivity (Wildman–Crippen MR) is 154 cm³/mol. The molecular weight excluding hydrogens is 512 g/mol. The lowest BCUT2D eigenvalue weighted by Gasteiger charge is -2.11. The maximum Gasteiger partial charge on any atom is 0.165 e. The van der Waals surface area contributed by atoms with Crippen molar-refractivity contribution in [1.29, 1.82) is 0 Å². The molecule has 0 saturated heterocycles. The van der Waals surface area contributed by atoms with E-state index in [0.717, 1.165) is 0 Å². The molecule has 0 fully saturated rings. The van der Waals surface area contributed by atoms with Crippen LogP contribution in [0.1, 0.15) is 44.5 Å². The SMILES string of the molecule is O/C1=C(\O)c2ccc(cc2)/C(O)=C(/O)c2ccc(cc2)/C(O)=C(/O)c2ccc(cc2)/C(O)=C(/O)c2ccc1cc2. The second kappa shape index (κ2) is 10.2. The molecule has 8 heteroatoms. The Balaban J connectivity index is 1.68. The Morgan fingerprint density at radius 2 is 0.250 bits per heavy atom. The lowest BCUT2D eigenvalue weighted by atomic mass is 10.0. The van der Waals surface area contributed by atoms with Crippen molar-refractivity contribution < 1.29 is 40.9 Å². The molecule has 11 rings (SSSR count). The Morgan fingerprint density at radius 1 is 0.175 bits per heavy atom. The Labute approximate surface area is 228 Å². The zero-order valence-corrected chi connectivity index (χ0v) is 20.8. The summed E-state index contributed by atoms with van der Waals surface area (Å²) in [6.45, 7) is 0. The van der Waals surface area contributed by atoms with Gasteiger partial charge in [-0.1, -0.05) is 97.1 Å². The van der Waals surface area contributed by atoms with Gasteiger partial charge in [0.05, 0.1) is 0 Å². The summed E-state index contributed by atoms with van der Waals surface area (Å²) < 4.78 is 0. The highest BCUT2D eigenvalue weighted by molar-refractivity contribution is 5.88. The van der Waals surface area contributed by atoms with E-state index in [1.807, 2.05) is 0 Å². The molecule has 40 heavy (non-hydrogen) atoms. The molecule has 4 aromatic rings. The number of hydrogen-bond acceptors (Lipinski definition) is 8. The first-order chi connectivity index (χ1) is 19.2. The van der Waals surface area contributed by atoms with Crippen LogP contribution in [0.25, 0.3) is 46.1 Å². The molecule has 0 aliphatic heterocycles. The largest absolute Gasteiger partial charge is 0.504 e. The van der Waals surface area contributed by atoms with Gasteiger partial charge in [-0.2, -0.15) is 0 Å². The van der Waals surface area contributed by atoms with Gasteiger partial charge in [-0.3, -0.25) is 0 Å². The molecule has 0 spiro atoms. The van der Waals surface area contributed by atoms with Crippen LogP contribution in [-0.2, 0) is 0 Å². The third-order valence-corrected chi connectivity index (χ3v) is 6.62. The summed E-state index contributed by atoms with van der Waals surface area (Å²) >= 11 is 0. The topological polar surface area (TPSA) is 162 Å². The average Bonchev–Trinajstić information content (AvgIpc) is 3.02. The van der Waals surface area contributed by atoms with Gasteiger partial charge in [-0.25, -0.2) is 0 Å². The molecule has 7 aliphatic carbocycles. The zero-order valence-electron chi connectivity index (χ0n) is 20.8. The van der Waals surface area contributed by atoms with E-state index in [4.69, 9.17) is 0 Å². The number of rotatable bonds is 0. The zero-order chi connectivity index (χ0) is 28.6. The highest BCUT2D eigenvalue weighted by Gasteiger charge is 2.16. The summed E-state index contributed by atoms with van der Waals surface area (Å²) in [4.78, 5) is 0. The van der Waals surface area contributed by atoms with Crippen molar-refractivity contribution in [2.75, 3.05) is 0 Å². The predicted octanol–water partition coefficient (Wildman–Crippen LogP) is 7.77. The van der Waals surface area contributed by atoms with Crippen molar-refractivity contribution in [1.82, 2.24) is 0 Å². The maximum absolute atomic E-state index is 10.6. The molecule has 0 amide bonds. The van der Waals surface area contributed by atoms with E-state index in [1.165, 1.54) is 97.1 Å². The molecule has 0 atom stereocenters. The number of aliphatic hydroxyl groups is 8. The van der Waals surface area contributed by atoms with E-state index in [-0.39, 0.29) is 44.5 Å². The van der Waals surface area contributed by atoms with Gasteiger partial charge in [0.1, 0.15) is 0 Å². The fraction of sp³-hybridized carbons (Fsp3) is 0. The van der Waals surface area contributed by atoms with Crippen LogP contribution in [0.3, 0.4) is 0 Å². The molecule has 0 saturated carbocycles. The van der Waals surface area contributed by atoms with Crippen LogP contribution in [0, 0.1) is 0 Å². The Kier molecular flexibility index (Phi) is 6.59. The summed E-state index contributed by atoms with van der Waals surface area (Å²) in [5.41, 5.74) is 1.91. The van der Waals surface area contributed by atoms with E-state index in [9.17, 15) is 40.9 Å². The minimum atomic E-state index is -0.434. The molecular formula is C32H24O8. The van der Waals surface area contributed by atoms with Crippen LogP contribution in [0.4, 0.5) is 0 Å². The van der Waals surface area contributed by atoms with Gasteiger partial charge in [0.15, 0.2) is 46.1 Å². The van der Waals surface area contributed by atoms with Crippen LogP contribution >= 0.6 is 0 Å². The Morgan fingerprint density at radius 3 is 0.325 bits per heavy atom. The fourth-order valence-electron chi connectivity index (χ4n) is 4.24. The van der Waals surface area contributed by atoms with Gasteiger partial charge in [0.2, 0.25) is 0 Å². The Bertz CT molecular complexity index is 1320. The van der Waals surface area contributed by atoms with Gasteiger partial charge in [0.25, 0.3) is 0 Å². The van der Waals surface area contributed by atoms with Crippen molar-refractivity contribution in [3.05, 3.63) is 142 Å². The van der Waals surface area contributed by atoms with Crippen molar-refractivity contribution in [3.63, 3.8) is 0 Å². The molecule has 0 radical (unpaired) electrons. The standard InChI is InChI=1S/C32H24O8/c33-25-17-1-2-18(4-3-17)26(34)28(36)20-9-11-22(12-10-20)30(38)32(40)24-15-13-23(14-16-24)31(39)29(37)21-7-5-19(6-8-21)27(25)35/h1-16,33-40H/b25-17?,26-18?,27-19?,27-25-,28-20?,28-26-,29-21?,30-22?,31-23?,31-29-,32-24?,32-30-. The normalized spacial score (nSPS) is 21.6. The molecule has 8 nitrogen and oxygen atoms in total. The fourth-order valence-corrected chi connectivity index (χ4v) is 4.24. The summed E-state index contributed by atoms with van der Waals surface area (Å²) in [6.07, 6.45) is 0. The lowest BCUT2D eigenvalue weighted by Crippen LogP contribution is -1.96. The second-order valence-electron chi connectivity index (χ2n) is 9.10. The average molecular weight is 537 g/mol. The number of hydrogen-bond donors (Lipinski definition) is 8. The molecule has 8 N–H and O–H groups in total. The minimum absolute atomic E-state index is 0.238. The number of benzene rings is 4. The van der Waals surface area contributed by atoms with Crippen LogP contribution in [0.5, 0.6) is 0 Å². The molecule has 4 aromatic carbocycles. The van der Waals surface area contributed by atoms with E-state index in [1.54, 1.807) is 0 Å². The monoisotopic (exact) mass is 536 g/mol. The van der Waals surface area contributed by atoms with E-state index in [2.05, 4.69) is 0 Å². The van der Waals surface area contributed by atoms with Gasteiger partial charge in [-0.15, -0.1) is 0 Å². The van der Waals surface area contributed by atoms with Gasteiger partial charge >= 0.3 is 0 Å². The third-order valence-electron chi connectivity index (χ3n) is 6.62. The van der Waals surface area contributed by atoms with Crippen LogP contribution in [-0.4, -0.2) is 40.9 Å². The summed E-state index contributed by atoms with van der Waals surface area (Å²) in [6, 6.07) is 23.2. The quantitative estimate of drug-likeness (QED) is 0.113. The van der Waals surface area contributed by atoms with E-state index in [0.29, 0.717) is 0 Å². The van der Waals surface area contributed by atoms with Crippen LogP contribution < -0.4 is 0 Å². The summed E-state index contributed by atoms with van der Waals surface area (Å²) in [5, 5.41) is 85.1. The van der Waals surface area contributed by atoms with Crippen molar-refractivity contribution in [2.45, 2.75) is 0 Å². The molecule has 7 aliphatic rings. The smallest absolute Gasteiger partial charge is 0.165 e. The van der Waals surface area contributed by atoms with E-state index < -0.39 is 46.1 Å². The van der Waals surface area contributed by atoms with Crippen molar-refractivity contribution >= 4 is 46.1 Å². The molecule has 0 aromatic heterocycles. The molecule has 8 bridgehead atoms. The third kappa shape index (κ3) is 4.65. The van der Waals surface area contributed by atoms with Crippen molar-refractivity contribution in [3.8, 4) is 0 Å². The maximum atomic E-state index is 10.6. The highest BCUT2D eigenvalue weighted by atomic mass is 16.3. The minimum Gasteiger partial charge on any atom is -0.504 e. The number of aliphatic hydroxyl groups excluding tert-OH is 8. The highest BCUT2D eigenvalue weighted by Crippen LogP contribution is 2.30. The summed E-state index contributed by atoms with van der Waals surface area (Å²) in [7, 11) is 0. The van der Waals surface area contributed by atoms with Gasteiger partial charge < -0.3 is 40.9 Å². The van der Waals surface area contributed by atoms with Gasteiger partial charge in [0, 0.05) is 44.5 Å². The first-order valence-electron chi connectivity index (χ1n) is 12.1. The molecule has 200 valence electrons. The van der Waals surface area contributed by atoms with Crippen LogP contribution in [0.2, 0.25) is 0 Å². The summed E-state index contributed by atoms with van der Waals surface area (Å²) in [5.74, 6) is -3.48. The first kappa shape index (κ1) is 25.9. The van der Waals surface area contributed by atoms with Gasteiger partial charge in [-0.05, 0) is 0 Å². The lowest BCUT2D eigenvalue weighted by molar-refractivity contribution is 0.457. The molecule has 0 heterocycles. The second-order valence-corrected chi connectivity index (χ2v) is 9.10. The molecule has 0 unspecified atom stereocenters. The Hall–Kier alpha value is -5.76. The first-order valence-corrected chi connectivity index (χ1v) is 12.1. The van der Waals surface area contributed by atoms with Crippen LogP contribution in [0.15, 0.2) is 97.1 Å².